The molecule has 0 spiro atoms. The molecular formula is H7O4PSiSrZn. The zero-order valence-electron chi connectivity index (χ0n) is 6.57. The predicted molar refractivity (Wildman–Crippen MR) is 31.0 cm³/mol. The fraction of sp³-hybridized carbons (Fsp3) is 0. The van der Waals surface area contributed by atoms with Crippen LogP contribution in [0.2, 0.25) is 0 Å². The number of rotatable bonds is 1. The van der Waals surface area contributed by atoms with E-state index in [1.807, 2.05) is 0 Å². The Morgan fingerprint density at radius 2 is 1.75 bits per heavy atom. The molecule has 8 heavy (non-hydrogen) atoms. The summed E-state index contributed by atoms with van der Waals surface area (Å²) in [6.45, 7) is 0. The Labute approximate surface area is 103 Å². The van der Waals surface area contributed by atoms with Crippen LogP contribution in [0.25, 0.3) is 0 Å². The van der Waals surface area contributed by atoms with Crippen LogP contribution in [0.3, 0.4) is 0 Å². The van der Waals surface area contributed by atoms with Gasteiger partial charge >= 0.3 is 53.3 Å². The van der Waals surface area contributed by atoms with Gasteiger partial charge in [0.2, 0.25) is 0 Å². The Morgan fingerprint density at radius 1 is 1.62 bits per heavy atom. The van der Waals surface area contributed by atoms with Crippen LogP contribution in [0.1, 0.15) is 2.85 Å². The van der Waals surface area contributed by atoms with Crippen LogP contribution >= 0.6 is 7.82 Å². The van der Waals surface area contributed by atoms with Gasteiger partial charge in [-0.3, -0.25) is 0 Å². The summed E-state index contributed by atoms with van der Waals surface area (Å²) in [4.78, 5) is 15.5. The molecular weight excluding hydrogens is 276 g/mol. The standard InChI is InChI=1S/H5O4PSi.Sr.Zn.2H/c1-5(2,3)4-6;;;;/h6H3,(H2,1,2,3);;;;/q;+2;;2*-1. The van der Waals surface area contributed by atoms with E-state index in [0.717, 1.165) is 0 Å². The smallest absolute Gasteiger partial charge is 1.00 e. The molecule has 0 saturated heterocycles. The minimum atomic E-state index is -4.08. The van der Waals surface area contributed by atoms with Crippen molar-refractivity contribution in [1.82, 2.24) is 0 Å². The van der Waals surface area contributed by atoms with Crippen molar-refractivity contribution >= 4 is 63.8 Å². The van der Waals surface area contributed by atoms with E-state index >= 15 is 0 Å². The van der Waals surface area contributed by atoms with E-state index < -0.39 is 7.82 Å². The van der Waals surface area contributed by atoms with Gasteiger partial charge in [0, 0.05) is 19.5 Å². The zero-order valence-corrected chi connectivity index (χ0v) is 13.9. The fourth-order valence-corrected chi connectivity index (χ4v) is 0. The maximum absolute atomic E-state index is 9.51. The van der Waals surface area contributed by atoms with Crippen molar-refractivity contribution in [3.8, 4) is 0 Å². The van der Waals surface area contributed by atoms with E-state index in [2.05, 4.69) is 4.21 Å². The van der Waals surface area contributed by atoms with Crippen LogP contribution in [0.5, 0.6) is 0 Å². The van der Waals surface area contributed by atoms with Gasteiger partial charge in [-0.2, -0.15) is 0 Å². The molecule has 8 heteroatoms. The van der Waals surface area contributed by atoms with Crippen LogP contribution in [0.4, 0.5) is 0 Å². The Kier molecular flexibility index (Phi) is 15.8. The number of phosphoric acid groups is 1. The third-order valence-corrected chi connectivity index (χ3v) is 2.14. The number of hydrogen-bond acceptors (Lipinski definition) is 2. The van der Waals surface area contributed by atoms with E-state index in [1.54, 1.807) is 0 Å². The SMILES string of the molecule is O=P(O)(O)O[SiH3].[H-].[H-].[Sr+2].[Zn]. The van der Waals surface area contributed by atoms with Crippen molar-refractivity contribution in [2.45, 2.75) is 0 Å². The third-order valence-electron chi connectivity index (χ3n) is 0.238. The first-order valence-electron chi connectivity index (χ1n) is 1.17. The van der Waals surface area contributed by atoms with Crippen molar-refractivity contribution in [2.24, 2.45) is 0 Å². The Bertz CT molecular complexity index is 87.3. The molecule has 0 atom stereocenters. The monoisotopic (exact) mass is 282 g/mol. The molecule has 0 aromatic carbocycles. The molecule has 0 aliphatic carbocycles. The second-order valence-electron chi connectivity index (χ2n) is 0.673. The van der Waals surface area contributed by atoms with Gasteiger partial charge in [-0.25, -0.2) is 4.57 Å². The van der Waals surface area contributed by atoms with Crippen LogP contribution in [-0.4, -0.2) is 65.8 Å². The largest absolute Gasteiger partial charge is 2.00 e. The van der Waals surface area contributed by atoms with Crippen molar-refractivity contribution in [3.05, 3.63) is 0 Å². The second-order valence-corrected chi connectivity index (χ2v) is 3.11. The molecule has 0 fully saturated rings. The van der Waals surface area contributed by atoms with Gasteiger partial charge in [-0.15, -0.1) is 0 Å². The zero-order chi connectivity index (χ0) is 5.21. The molecule has 0 radical (unpaired) electrons. The number of hydrogen-bond donors (Lipinski definition) is 2. The second kappa shape index (κ2) is 7.54. The normalized spacial score (nSPS) is 9.25. The summed E-state index contributed by atoms with van der Waals surface area (Å²) in [5, 5.41) is 0. The first-order chi connectivity index (χ1) is 2.56. The molecule has 0 heterocycles. The molecule has 44 valence electrons. The van der Waals surface area contributed by atoms with E-state index in [-0.39, 0.29) is 78.3 Å². The van der Waals surface area contributed by atoms with E-state index in [4.69, 9.17) is 9.79 Å². The first-order valence-corrected chi connectivity index (χ1v) is 3.52. The van der Waals surface area contributed by atoms with Crippen LogP contribution in [-0.2, 0) is 28.3 Å². The molecule has 0 saturated carbocycles. The summed E-state index contributed by atoms with van der Waals surface area (Å²) in [6, 6.07) is 0. The maximum Gasteiger partial charge on any atom is 2.00 e. The quantitative estimate of drug-likeness (QED) is 0.441. The van der Waals surface area contributed by atoms with E-state index in [1.165, 1.54) is 0 Å². The maximum atomic E-state index is 9.51. The third kappa shape index (κ3) is 15.8. The summed E-state index contributed by atoms with van der Waals surface area (Å²) in [5.74, 6) is 0. The molecule has 0 aliphatic heterocycles. The predicted octanol–water partition coefficient (Wildman–Crippen LogP) is -1.78. The molecule has 0 rings (SSSR count). The molecule has 0 amide bonds. The Balaban J connectivity index is -0.0000000208. The van der Waals surface area contributed by atoms with Gasteiger partial charge < -0.3 is 16.9 Å². The summed E-state index contributed by atoms with van der Waals surface area (Å²) in [7, 11) is -4.00. The average Bonchev–Trinajstić information content (AvgIpc) is 1.35. The van der Waals surface area contributed by atoms with Crippen LogP contribution in [0, 0.1) is 0 Å². The molecule has 0 aromatic rings. The van der Waals surface area contributed by atoms with E-state index in [9.17, 15) is 4.57 Å². The van der Waals surface area contributed by atoms with Gasteiger partial charge in [-0.05, 0) is 0 Å². The van der Waals surface area contributed by atoms with Crippen LogP contribution in [0.15, 0.2) is 0 Å². The molecule has 4 nitrogen and oxygen atoms in total. The van der Waals surface area contributed by atoms with Gasteiger partial charge in [0.05, 0.1) is 0 Å². The van der Waals surface area contributed by atoms with Gasteiger partial charge in [-0.1, -0.05) is 0 Å². The van der Waals surface area contributed by atoms with Crippen molar-refractivity contribution < 1.29 is 40.9 Å². The summed E-state index contributed by atoms with van der Waals surface area (Å²) >= 11 is 0. The Morgan fingerprint density at radius 3 is 1.75 bits per heavy atom. The van der Waals surface area contributed by atoms with Crippen molar-refractivity contribution in [2.75, 3.05) is 0 Å². The minimum Gasteiger partial charge on any atom is -1.00 e. The van der Waals surface area contributed by atoms with Gasteiger partial charge in [0.25, 0.3) is 0 Å². The van der Waals surface area contributed by atoms with Crippen molar-refractivity contribution in [1.29, 1.82) is 0 Å². The molecule has 0 aliphatic rings. The average molecular weight is 283 g/mol. The van der Waals surface area contributed by atoms with E-state index in [0.29, 0.717) is 0 Å². The topological polar surface area (TPSA) is 66.8 Å². The fourth-order valence-electron chi connectivity index (χ4n) is 0. The van der Waals surface area contributed by atoms with Gasteiger partial charge in [0.15, 0.2) is 10.5 Å². The molecule has 0 unspecified atom stereocenters. The summed E-state index contributed by atoms with van der Waals surface area (Å²) < 4.78 is 13.2. The minimum absolute atomic E-state index is 0. The Hall–Kier alpha value is 2.43. The van der Waals surface area contributed by atoms with Crippen molar-refractivity contribution in [3.63, 3.8) is 0 Å². The summed E-state index contributed by atoms with van der Waals surface area (Å²) in [6.07, 6.45) is 0. The molecule has 0 bridgehead atoms. The van der Waals surface area contributed by atoms with Crippen LogP contribution < -0.4 is 0 Å². The van der Waals surface area contributed by atoms with Gasteiger partial charge in [0.1, 0.15) is 0 Å². The molecule has 0 aromatic heterocycles. The summed E-state index contributed by atoms with van der Waals surface area (Å²) in [5.41, 5.74) is 0. The first kappa shape index (κ1) is 16.8. The molecule has 2 N–H and O–H groups in total.